The summed E-state index contributed by atoms with van der Waals surface area (Å²) in [7, 11) is -4.01. The third-order valence-corrected chi connectivity index (χ3v) is 5.58. The van der Waals surface area contributed by atoms with E-state index in [4.69, 9.17) is 0 Å². The maximum Gasteiger partial charge on any atom is 0.416 e. The van der Waals surface area contributed by atoms with E-state index in [0.29, 0.717) is 12.6 Å². The molecule has 1 atom stereocenters. The maximum absolute atomic E-state index is 12.7. The first-order chi connectivity index (χ1) is 11.2. The number of rotatable bonds is 6. The third-order valence-electron chi connectivity index (χ3n) is 4.12. The van der Waals surface area contributed by atoms with E-state index >= 15 is 0 Å². The Hall–Kier alpha value is -1.16. The van der Waals surface area contributed by atoms with Gasteiger partial charge in [-0.1, -0.05) is 12.5 Å². The molecule has 1 heterocycles. The standard InChI is InChI=1S/C15H21F3N2O3S/c16-15(17,18)12-4-3-6-14(10-12)24(22,23)19-7-9-20-8-2-1-5-13(20)11-21/h3-4,6,10,13,19,21H,1-2,5,7-9,11H2. The highest BCUT2D eigenvalue weighted by Crippen LogP contribution is 2.30. The van der Waals surface area contributed by atoms with Crippen LogP contribution in [-0.4, -0.2) is 50.7 Å². The number of likely N-dealkylation sites (tertiary alicyclic amines) is 1. The van der Waals surface area contributed by atoms with Gasteiger partial charge in [-0.05, 0) is 37.6 Å². The molecule has 9 heteroatoms. The number of sulfonamides is 1. The van der Waals surface area contributed by atoms with Crippen molar-refractivity contribution in [1.82, 2.24) is 9.62 Å². The zero-order chi connectivity index (χ0) is 17.8. The molecule has 1 fully saturated rings. The van der Waals surface area contributed by atoms with Crippen LogP contribution in [-0.2, 0) is 16.2 Å². The quantitative estimate of drug-likeness (QED) is 0.806. The Morgan fingerprint density at radius 1 is 1.29 bits per heavy atom. The number of benzene rings is 1. The van der Waals surface area contributed by atoms with E-state index in [0.717, 1.165) is 44.0 Å². The van der Waals surface area contributed by atoms with E-state index in [1.165, 1.54) is 0 Å². The number of piperidine rings is 1. The number of hydrogen-bond acceptors (Lipinski definition) is 4. The van der Waals surface area contributed by atoms with Gasteiger partial charge in [0, 0.05) is 19.1 Å². The second-order valence-electron chi connectivity index (χ2n) is 5.79. The lowest BCUT2D eigenvalue weighted by molar-refractivity contribution is -0.137. The number of hydrogen-bond donors (Lipinski definition) is 2. The Balaban J connectivity index is 1.99. The number of alkyl halides is 3. The van der Waals surface area contributed by atoms with Crippen molar-refractivity contribution in [3.63, 3.8) is 0 Å². The summed E-state index contributed by atoms with van der Waals surface area (Å²) in [5.41, 5.74) is -0.998. The Morgan fingerprint density at radius 3 is 2.71 bits per heavy atom. The second-order valence-corrected chi connectivity index (χ2v) is 7.56. The van der Waals surface area contributed by atoms with E-state index in [2.05, 4.69) is 4.72 Å². The van der Waals surface area contributed by atoms with Crippen LogP contribution in [0.3, 0.4) is 0 Å². The van der Waals surface area contributed by atoms with Crippen LogP contribution < -0.4 is 4.72 Å². The highest BCUT2D eigenvalue weighted by atomic mass is 32.2. The molecule has 24 heavy (non-hydrogen) atoms. The minimum Gasteiger partial charge on any atom is -0.395 e. The van der Waals surface area contributed by atoms with Gasteiger partial charge in [-0.15, -0.1) is 0 Å². The Labute approximate surface area is 139 Å². The normalized spacial score (nSPS) is 20.2. The van der Waals surface area contributed by atoms with Crippen molar-refractivity contribution >= 4 is 10.0 Å². The molecule has 5 nitrogen and oxygen atoms in total. The number of halogens is 3. The van der Waals surface area contributed by atoms with Gasteiger partial charge in [0.1, 0.15) is 0 Å². The minimum absolute atomic E-state index is 0.0109. The largest absolute Gasteiger partial charge is 0.416 e. The van der Waals surface area contributed by atoms with Crippen molar-refractivity contribution in [3.8, 4) is 0 Å². The molecule has 1 aromatic rings. The summed E-state index contributed by atoms with van der Waals surface area (Å²) in [4.78, 5) is 1.59. The number of nitrogens with one attached hydrogen (secondary N) is 1. The first kappa shape index (κ1) is 19.2. The van der Waals surface area contributed by atoms with Gasteiger partial charge in [0.15, 0.2) is 0 Å². The Morgan fingerprint density at radius 2 is 2.04 bits per heavy atom. The lowest BCUT2D eigenvalue weighted by atomic mass is 10.0. The van der Waals surface area contributed by atoms with Gasteiger partial charge in [0.25, 0.3) is 0 Å². The van der Waals surface area contributed by atoms with Crippen molar-refractivity contribution in [2.45, 2.75) is 36.4 Å². The van der Waals surface area contributed by atoms with Gasteiger partial charge in [0.2, 0.25) is 10.0 Å². The van der Waals surface area contributed by atoms with Crippen LogP contribution in [0.4, 0.5) is 13.2 Å². The fourth-order valence-corrected chi connectivity index (χ4v) is 3.87. The SMILES string of the molecule is O=S(=O)(NCCN1CCCCC1CO)c1cccc(C(F)(F)F)c1. The number of nitrogens with zero attached hydrogens (tertiary/aromatic N) is 1. The van der Waals surface area contributed by atoms with Gasteiger partial charge in [-0.2, -0.15) is 13.2 Å². The minimum atomic E-state index is -4.59. The van der Waals surface area contributed by atoms with Crippen LogP contribution >= 0.6 is 0 Å². The van der Waals surface area contributed by atoms with Crippen molar-refractivity contribution in [2.24, 2.45) is 0 Å². The Bertz CT molecular complexity index is 650. The van der Waals surface area contributed by atoms with Crippen molar-refractivity contribution < 1.29 is 26.7 Å². The summed E-state index contributed by atoms with van der Waals surface area (Å²) in [6, 6.07) is 3.67. The molecule has 1 saturated heterocycles. The van der Waals surface area contributed by atoms with Crippen LogP contribution in [0.15, 0.2) is 29.2 Å². The predicted octanol–water partition coefficient (Wildman–Crippen LogP) is 1.83. The molecular weight excluding hydrogens is 345 g/mol. The molecule has 2 N–H and O–H groups in total. The highest BCUT2D eigenvalue weighted by Gasteiger charge is 2.31. The van der Waals surface area contributed by atoms with E-state index in [1.54, 1.807) is 0 Å². The molecule has 0 bridgehead atoms. The molecule has 0 radical (unpaired) electrons. The van der Waals surface area contributed by atoms with E-state index in [9.17, 15) is 26.7 Å². The second kappa shape index (κ2) is 7.81. The van der Waals surface area contributed by atoms with E-state index in [-0.39, 0.29) is 19.2 Å². The Kier molecular flexibility index (Phi) is 6.24. The smallest absolute Gasteiger partial charge is 0.395 e. The molecule has 136 valence electrons. The summed E-state index contributed by atoms with van der Waals surface area (Å²) in [6.45, 7) is 1.27. The van der Waals surface area contributed by atoms with E-state index in [1.807, 2.05) is 4.90 Å². The molecule has 0 aliphatic carbocycles. The number of aliphatic hydroxyl groups excluding tert-OH is 1. The summed E-state index contributed by atoms with van der Waals surface area (Å²) in [5.74, 6) is 0. The summed E-state index contributed by atoms with van der Waals surface area (Å²) in [6.07, 6.45) is -1.72. The molecule has 0 amide bonds. The molecule has 1 unspecified atom stereocenters. The number of aliphatic hydroxyl groups is 1. The van der Waals surface area contributed by atoms with Crippen molar-refractivity contribution in [3.05, 3.63) is 29.8 Å². The zero-order valence-corrected chi connectivity index (χ0v) is 13.9. The molecule has 2 rings (SSSR count). The zero-order valence-electron chi connectivity index (χ0n) is 13.1. The van der Waals surface area contributed by atoms with Crippen molar-refractivity contribution in [2.75, 3.05) is 26.2 Å². The first-order valence-corrected chi connectivity index (χ1v) is 9.24. The third kappa shape index (κ3) is 4.92. The maximum atomic E-state index is 12.7. The average molecular weight is 366 g/mol. The molecule has 1 aromatic carbocycles. The van der Waals surface area contributed by atoms with Gasteiger partial charge < -0.3 is 5.11 Å². The van der Waals surface area contributed by atoms with Crippen LogP contribution in [0.1, 0.15) is 24.8 Å². The van der Waals surface area contributed by atoms with Crippen LogP contribution in [0.5, 0.6) is 0 Å². The lowest BCUT2D eigenvalue weighted by Gasteiger charge is -2.34. The fraction of sp³-hybridized carbons (Fsp3) is 0.600. The fourth-order valence-electron chi connectivity index (χ4n) is 2.81. The van der Waals surface area contributed by atoms with Gasteiger partial charge in [-0.25, -0.2) is 13.1 Å². The average Bonchev–Trinajstić information content (AvgIpc) is 2.54. The van der Waals surface area contributed by atoms with Crippen LogP contribution in [0, 0.1) is 0 Å². The molecule has 1 aliphatic rings. The molecular formula is C15H21F3N2O3S. The molecule has 1 aliphatic heterocycles. The highest BCUT2D eigenvalue weighted by molar-refractivity contribution is 7.89. The lowest BCUT2D eigenvalue weighted by Crippen LogP contribution is -2.45. The molecule has 0 spiro atoms. The van der Waals surface area contributed by atoms with Crippen LogP contribution in [0.25, 0.3) is 0 Å². The first-order valence-electron chi connectivity index (χ1n) is 7.76. The van der Waals surface area contributed by atoms with Gasteiger partial charge >= 0.3 is 6.18 Å². The predicted molar refractivity (Wildman–Crippen MR) is 82.9 cm³/mol. The van der Waals surface area contributed by atoms with Gasteiger partial charge in [0.05, 0.1) is 17.1 Å². The summed E-state index contributed by atoms with van der Waals surface area (Å²) < 4.78 is 64.7. The summed E-state index contributed by atoms with van der Waals surface area (Å²) in [5, 5.41) is 9.32. The van der Waals surface area contributed by atoms with E-state index < -0.39 is 26.7 Å². The monoisotopic (exact) mass is 366 g/mol. The molecule has 0 aromatic heterocycles. The summed E-state index contributed by atoms with van der Waals surface area (Å²) >= 11 is 0. The van der Waals surface area contributed by atoms with Crippen molar-refractivity contribution in [1.29, 1.82) is 0 Å². The van der Waals surface area contributed by atoms with Gasteiger partial charge in [-0.3, -0.25) is 4.90 Å². The topological polar surface area (TPSA) is 69.6 Å². The molecule has 0 saturated carbocycles. The van der Waals surface area contributed by atoms with Crippen LogP contribution in [0.2, 0.25) is 0 Å².